The van der Waals surface area contributed by atoms with Crippen LogP contribution in [-0.2, 0) is 4.79 Å². The molecule has 138 valence electrons. The number of hydroxylamine groups is 1. The van der Waals surface area contributed by atoms with Gasteiger partial charge in [-0.2, -0.15) is 0 Å². The van der Waals surface area contributed by atoms with E-state index >= 15 is 0 Å². The molecule has 0 unspecified atom stereocenters. The standard InChI is InChI=1S/C17H17F2N3O4/c18-15(19)14(23)13(17(25)22-26)21-16(24)11-3-1-9(2-4-11)10-5-7-12(20)8-6-10/h1-8,13-15,23,26H,20H2,(H,21,24)(H,22,25)/t13-,14-/m0/s1. The number of rotatable bonds is 6. The van der Waals surface area contributed by atoms with Gasteiger partial charge in [0, 0.05) is 11.3 Å². The third-order valence-electron chi connectivity index (χ3n) is 3.67. The summed E-state index contributed by atoms with van der Waals surface area (Å²) in [6.45, 7) is 0. The molecule has 0 saturated heterocycles. The first kappa shape index (κ1) is 19.3. The fourth-order valence-corrected chi connectivity index (χ4v) is 2.24. The van der Waals surface area contributed by atoms with E-state index in [1.807, 2.05) is 5.32 Å². The van der Waals surface area contributed by atoms with Crippen molar-refractivity contribution in [3.8, 4) is 11.1 Å². The highest BCUT2D eigenvalue weighted by Gasteiger charge is 2.34. The number of nitrogens with two attached hydrogens (primary N) is 1. The molecule has 0 saturated carbocycles. The van der Waals surface area contributed by atoms with Crippen LogP contribution in [0.3, 0.4) is 0 Å². The van der Waals surface area contributed by atoms with Crippen LogP contribution in [0.1, 0.15) is 10.4 Å². The molecule has 2 atom stereocenters. The average Bonchev–Trinajstić information content (AvgIpc) is 2.65. The van der Waals surface area contributed by atoms with Gasteiger partial charge in [0.1, 0.15) is 12.1 Å². The topological polar surface area (TPSA) is 125 Å². The minimum atomic E-state index is -3.29. The summed E-state index contributed by atoms with van der Waals surface area (Å²) in [6.07, 6.45) is -5.76. The molecule has 26 heavy (non-hydrogen) atoms. The van der Waals surface area contributed by atoms with E-state index in [0.717, 1.165) is 16.6 Å². The Morgan fingerprint density at radius 3 is 1.92 bits per heavy atom. The zero-order chi connectivity index (χ0) is 19.3. The third kappa shape index (κ3) is 4.52. The molecule has 2 aromatic carbocycles. The van der Waals surface area contributed by atoms with Crippen molar-refractivity contribution in [3.05, 3.63) is 54.1 Å². The van der Waals surface area contributed by atoms with Crippen LogP contribution < -0.4 is 16.5 Å². The van der Waals surface area contributed by atoms with Gasteiger partial charge in [0.2, 0.25) is 0 Å². The quantitative estimate of drug-likeness (QED) is 0.299. The number of carbonyl (C=O) groups excluding carboxylic acids is 2. The second kappa shape index (κ2) is 8.37. The largest absolute Gasteiger partial charge is 0.399 e. The predicted molar refractivity (Wildman–Crippen MR) is 89.5 cm³/mol. The van der Waals surface area contributed by atoms with Gasteiger partial charge in [-0.15, -0.1) is 0 Å². The molecule has 0 radical (unpaired) electrons. The number of carbonyl (C=O) groups is 2. The molecule has 9 heteroatoms. The van der Waals surface area contributed by atoms with Gasteiger partial charge in [0.25, 0.3) is 18.2 Å². The van der Waals surface area contributed by atoms with E-state index in [9.17, 15) is 23.5 Å². The number of benzene rings is 2. The molecule has 7 nitrogen and oxygen atoms in total. The maximum atomic E-state index is 12.6. The summed E-state index contributed by atoms with van der Waals surface area (Å²) >= 11 is 0. The number of aliphatic hydroxyl groups excluding tert-OH is 1. The molecule has 0 aromatic heterocycles. The molecule has 0 heterocycles. The van der Waals surface area contributed by atoms with Gasteiger partial charge in [-0.3, -0.25) is 14.8 Å². The molecule has 2 rings (SSSR count). The SMILES string of the molecule is Nc1ccc(-c2ccc(C(=O)N[C@H](C(=O)NO)[C@H](O)C(F)F)cc2)cc1. The monoisotopic (exact) mass is 365 g/mol. The lowest BCUT2D eigenvalue weighted by atomic mass is 10.0. The highest BCUT2D eigenvalue weighted by Crippen LogP contribution is 2.21. The molecule has 0 fully saturated rings. The van der Waals surface area contributed by atoms with E-state index in [-0.39, 0.29) is 5.56 Å². The number of hydrogen-bond donors (Lipinski definition) is 5. The summed E-state index contributed by atoms with van der Waals surface area (Å²) < 4.78 is 25.3. The van der Waals surface area contributed by atoms with Gasteiger partial charge >= 0.3 is 0 Å². The number of alkyl halides is 2. The summed E-state index contributed by atoms with van der Waals surface area (Å²) in [5.41, 5.74) is 9.10. The molecular formula is C17H17F2N3O4. The Kier molecular flexibility index (Phi) is 6.21. The van der Waals surface area contributed by atoms with Gasteiger partial charge in [0.05, 0.1) is 0 Å². The zero-order valence-corrected chi connectivity index (χ0v) is 13.4. The summed E-state index contributed by atoms with van der Waals surface area (Å²) in [5.74, 6) is -2.22. The number of hydrogen-bond acceptors (Lipinski definition) is 5. The molecule has 0 aliphatic rings. The van der Waals surface area contributed by atoms with Crippen LogP contribution in [0.5, 0.6) is 0 Å². The van der Waals surface area contributed by atoms with Crippen LogP contribution in [0, 0.1) is 0 Å². The number of anilines is 1. The lowest BCUT2D eigenvalue weighted by Gasteiger charge is -2.21. The Labute approximate surface area is 147 Å². The minimum Gasteiger partial charge on any atom is -0.399 e. The van der Waals surface area contributed by atoms with Gasteiger partial charge < -0.3 is 16.2 Å². The van der Waals surface area contributed by atoms with Gasteiger partial charge in [-0.25, -0.2) is 14.3 Å². The van der Waals surface area contributed by atoms with Gasteiger partial charge in [0.15, 0.2) is 0 Å². The molecule has 2 aromatic rings. The Hall–Kier alpha value is -3.04. The van der Waals surface area contributed by atoms with Crippen molar-refractivity contribution in [1.82, 2.24) is 10.8 Å². The molecule has 0 aliphatic heterocycles. The van der Waals surface area contributed by atoms with Crippen molar-refractivity contribution in [2.24, 2.45) is 0 Å². The van der Waals surface area contributed by atoms with E-state index in [4.69, 9.17) is 10.9 Å². The number of halogens is 2. The first-order valence-corrected chi connectivity index (χ1v) is 7.50. The maximum Gasteiger partial charge on any atom is 0.268 e. The van der Waals surface area contributed by atoms with Crippen LogP contribution in [0.25, 0.3) is 11.1 Å². The summed E-state index contributed by atoms with van der Waals surface area (Å²) in [7, 11) is 0. The lowest BCUT2D eigenvalue weighted by Crippen LogP contribution is -2.54. The Bertz CT molecular complexity index is 767. The lowest BCUT2D eigenvalue weighted by molar-refractivity contribution is -0.137. The van der Waals surface area contributed by atoms with Crippen molar-refractivity contribution in [1.29, 1.82) is 0 Å². The summed E-state index contributed by atoms with van der Waals surface area (Å²) in [5, 5.41) is 19.9. The number of amides is 2. The third-order valence-corrected chi connectivity index (χ3v) is 3.67. The number of nitrogen functional groups attached to an aromatic ring is 1. The van der Waals surface area contributed by atoms with E-state index in [2.05, 4.69) is 0 Å². The van der Waals surface area contributed by atoms with Crippen molar-refractivity contribution >= 4 is 17.5 Å². The van der Waals surface area contributed by atoms with Crippen LogP contribution in [-0.4, -0.2) is 40.7 Å². The van der Waals surface area contributed by atoms with E-state index < -0.39 is 30.4 Å². The number of nitrogens with one attached hydrogen (secondary N) is 2. The number of aliphatic hydroxyl groups is 1. The molecule has 6 N–H and O–H groups in total. The van der Waals surface area contributed by atoms with Crippen LogP contribution in [0.15, 0.2) is 48.5 Å². The van der Waals surface area contributed by atoms with E-state index in [1.165, 1.54) is 12.1 Å². The normalized spacial score (nSPS) is 13.1. The van der Waals surface area contributed by atoms with Crippen molar-refractivity contribution < 1.29 is 28.7 Å². The van der Waals surface area contributed by atoms with Crippen molar-refractivity contribution in [2.75, 3.05) is 5.73 Å². The van der Waals surface area contributed by atoms with Crippen LogP contribution in [0.2, 0.25) is 0 Å². The maximum absolute atomic E-state index is 12.6. The van der Waals surface area contributed by atoms with Crippen LogP contribution >= 0.6 is 0 Å². The Morgan fingerprint density at radius 1 is 0.962 bits per heavy atom. The average molecular weight is 365 g/mol. The zero-order valence-electron chi connectivity index (χ0n) is 13.4. The highest BCUT2D eigenvalue weighted by atomic mass is 19.3. The fraction of sp³-hybridized carbons (Fsp3) is 0.176. The Balaban J connectivity index is 2.15. The molecule has 0 bridgehead atoms. The fourth-order valence-electron chi connectivity index (χ4n) is 2.24. The molecule has 0 spiro atoms. The van der Waals surface area contributed by atoms with E-state index in [1.54, 1.807) is 36.4 Å². The first-order valence-electron chi connectivity index (χ1n) is 7.50. The predicted octanol–water partition coefficient (Wildman–Crippen LogP) is 1.17. The van der Waals surface area contributed by atoms with Crippen molar-refractivity contribution in [3.63, 3.8) is 0 Å². The summed E-state index contributed by atoms with van der Waals surface area (Å²) in [4.78, 5) is 23.6. The smallest absolute Gasteiger partial charge is 0.268 e. The molecule has 0 aliphatic carbocycles. The first-order chi connectivity index (χ1) is 12.3. The van der Waals surface area contributed by atoms with Crippen molar-refractivity contribution in [2.45, 2.75) is 18.6 Å². The minimum absolute atomic E-state index is 0.0846. The van der Waals surface area contributed by atoms with E-state index in [0.29, 0.717) is 5.69 Å². The second-order valence-corrected chi connectivity index (χ2v) is 5.45. The van der Waals surface area contributed by atoms with Gasteiger partial charge in [-0.1, -0.05) is 24.3 Å². The second-order valence-electron chi connectivity index (χ2n) is 5.45. The highest BCUT2D eigenvalue weighted by molar-refractivity contribution is 5.98. The Morgan fingerprint density at radius 2 is 1.46 bits per heavy atom. The van der Waals surface area contributed by atoms with Crippen LogP contribution in [0.4, 0.5) is 14.5 Å². The molecule has 2 amide bonds. The molecular weight excluding hydrogens is 348 g/mol. The summed E-state index contributed by atoms with van der Waals surface area (Å²) in [6, 6.07) is 11.2. The van der Waals surface area contributed by atoms with Gasteiger partial charge in [-0.05, 0) is 35.4 Å².